The van der Waals surface area contributed by atoms with Crippen molar-refractivity contribution in [2.45, 2.75) is 18.3 Å². The fraction of sp³-hybridized carbons (Fsp3) is 0.200. The van der Waals surface area contributed by atoms with E-state index in [0.29, 0.717) is 5.01 Å². The largest absolute Gasteiger partial charge is 0.432 e. The van der Waals surface area contributed by atoms with Gasteiger partial charge in [-0.1, -0.05) is 12.1 Å². The summed E-state index contributed by atoms with van der Waals surface area (Å²) in [6.45, 7) is 0. The lowest BCUT2D eigenvalue weighted by Crippen LogP contribution is -2.38. The quantitative estimate of drug-likeness (QED) is 0.909. The van der Waals surface area contributed by atoms with Crippen molar-refractivity contribution in [3.8, 4) is 0 Å². The number of halogens is 3. The Kier molecular flexibility index (Phi) is 4.02. The summed E-state index contributed by atoms with van der Waals surface area (Å²) < 4.78 is 39.9. The van der Waals surface area contributed by atoms with Crippen LogP contribution in [0.2, 0.25) is 0 Å². The highest BCUT2D eigenvalue weighted by Gasteiger charge is 2.52. The number of hydrogen-bond donors (Lipinski definition) is 1. The standard InChI is InChI=1S/C15H11F3N4O2/c16-15(17,18)12-11(9-4-3-6-19-8-9)14(24)22(21-12)13(23)10-5-1-2-7-20-10/h1-8,11,14,24H. The lowest BCUT2D eigenvalue weighted by Gasteiger charge is -2.22. The molecule has 24 heavy (non-hydrogen) atoms. The first-order chi connectivity index (χ1) is 11.4. The van der Waals surface area contributed by atoms with Crippen LogP contribution in [0.3, 0.4) is 0 Å². The normalized spacial score (nSPS) is 20.8. The van der Waals surface area contributed by atoms with Crippen LogP contribution in [-0.2, 0) is 0 Å². The third-order valence-electron chi connectivity index (χ3n) is 3.48. The first-order valence-electron chi connectivity index (χ1n) is 6.88. The van der Waals surface area contributed by atoms with Gasteiger partial charge < -0.3 is 5.11 Å². The van der Waals surface area contributed by atoms with Crippen LogP contribution in [0.15, 0.2) is 54.0 Å². The van der Waals surface area contributed by atoms with Crippen LogP contribution >= 0.6 is 0 Å². The third-order valence-corrected chi connectivity index (χ3v) is 3.48. The number of aliphatic hydroxyl groups excluding tert-OH is 1. The zero-order valence-electron chi connectivity index (χ0n) is 12.1. The van der Waals surface area contributed by atoms with Gasteiger partial charge in [0, 0.05) is 18.6 Å². The van der Waals surface area contributed by atoms with E-state index in [2.05, 4.69) is 15.1 Å². The van der Waals surface area contributed by atoms with E-state index in [1.54, 1.807) is 6.07 Å². The molecule has 2 aromatic rings. The number of hydrazone groups is 1. The van der Waals surface area contributed by atoms with E-state index in [4.69, 9.17) is 0 Å². The summed E-state index contributed by atoms with van der Waals surface area (Å²) in [6.07, 6.45) is -2.69. The molecule has 6 nitrogen and oxygen atoms in total. The van der Waals surface area contributed by atoms with Gasteiger partial charge >= 0.3 is 6.18 Å². The van der Waals surface area contributed by atoms with Crippen LogP contribution in [0, 0.1) is 0 Å². The summed E-state index contributed by atoms with van der Waals surface area (Å²) in [4.78, 5) is 19.9. The second kappa shape index (κ2) is 6.00. The van der Waals surface area contributed by atoms with Crippen LogP contribution in [0.1, 0.15) is 22.0 Å². The summed E-state index contributed by atoms with van der Waals surface area (Å²) in [5, 5.41) is 14.0. The number of carbonyl (C=O) groups excluding carboxylic acids is 1. The minimum atomic E-state index is -4.80. The van der Waals surface area contributed by atoms with Gasteiger partial charge in [0.15, 0.2) is 11.9 Å². The number of rotatable bonds is 2. The molecule has 2 unspecified atom stereocenters. The van der Waals surface area contributed by atoms with Gasteiger partial charge in [-0.2, -0.15) is 23.3 Å². The molecule has 3 rings (SSSR count). The molecule has 1 amide bonds. The van der Waals surface area contributed by atoms with Crippen LogP contribution in [0.5, 0.6) is 0 Å². The molecule has 124 valence electrons. The van der Waals surface area contributed by atoms with E-state index >= 15 is 0 Å². The number of aromatic nitrogens is 2. The van der Waals surface area contributed by atoms with Crippen LogP contribution in [-0.4, -0.2) is 44.1 Å². The molecule has 1 N–H and O–H groups in total. The molecule has 0 saturated heterocycles. The van der Waals surface area contributed by atoms with Gasteiger partial charge in [-0.25, -0.2) is 0 Å². The first-order valence-corrected chi connectivity index (χ1v) is 6.88. The highest BCUT2D eigenvalue weighted by Crippen LogP contribution is 2.37. The van der Waals surface area contributed by atoms with E-state index in [9.17, 15) is 23.1 Å². The summed E-state index contributed by atoms with van der Waals surface area (Å²) in [7, 11) is 0. The predicted octanol–water partition coefficient (Wildman–Crippen LogP) is 1.95. The summed E-state index contributed by atoms with van der Waals surface area (Å²) in [6, 6.07) is 7.22. The van der Waals surface area contributed by atoms with Gasteiger partial charge in [-0.05, 0) is 23.8 Å². The molecule has 2 aromatic heterocycles. The molecule has 0 saturated carbocycles. The molecule has 0 aliphatic carbocycles. The summed E-state index contributed by atoms with van der Waals surface area (Å²) in [5.41, 5.74) is -1.27. The number of hydrogen-bond acceptors (Lipinski definition) is 5. The average Bonchev–Trinajstić information content (AvgIpc) is 2.93. The minimum Gasteiger partial charge on any atom is -0.371 e. The maximum atomic E-state index is 13.3. The molecule has 1 aliphatic heterocycles. The monoisotopic (exact) mass is 336 g/mol. The summed E-state index contributed by atoms with van der Waals surface area (Å²) in [5.74, 6) is -2.46. The number of alkyl halides is 3. The van der Waals surface area contributed by atoms with E-state index < -0.39 is 29.9 Å². The zero-order chi connectivity index (χ0) is 17.3. The summed E-state index contributed by atoms with van der Waals surface area (Å²) >= 11 is 0. The maximum absolute atomic E-state index is 13.3. The highest BCUT2D eigenvalue weighted by atomic mass is 19.4. The van der Waals surface area contributed by atoms with Crippen molar-refractivity contribution in [1.82, 2.24) is 15.0 Å². The Morgan fingerprint density at radius 3 is 2.54 bits per heavy atom. The van der Waals surface area contributed by atoms with Gasteiger partial charge in [0.05, 0.1) is 5.92 Å². The predicted molar refractivity (Wildman–Crippen MR) is 76.9 cm³/mol. The van der Waals surface area contributed by atoms with E-state index in [1.165, 1.54) is 42.9 Å². The number of nitrogens with zero attached hydrogens (tertiary/aromatic N) is 4. The third kappa shape index (κ3) is 2.85. The Morgan fingerprint density at radius 2 is 1.96 bits per heavy atom. The van der Waals surface area contributed by atoms with Crippen molar-refractivity contribution in [2.24, 2.45) is 5.10 Å². The van der Waals surface area contributed by atoms with Crippen molar-refractivity contribution in [1.29, 1.82) is 0 Å². The Bertz CT molecular complexity index is 765. The number of carbonyl (C=O) groups is 1. The van der Waals surface area contributed by atoms with Gasteiger partial charge in [0.1, 0.15) is 5.69 Å². The van der Waals surface area contributed by atoms with E-state index in [1.807, 2.05) is 0 Å². The first kappa shape index (κ1) is 16.1. The number of aliphatic hydroxyl groups is 1. The Hall–Kier alpha value is -2.81. The smallest absolute Gasteiger partial charge is 0.371 e. The maximum Gasteiger partial charge on any atom is 0.432 e. The molecule has 0 spiro atoms. The van der Waals surface area contributed by atoms with Crippen molar-refractivity contribution in [3.05, 3.63) is 60.2 Å². The topological polar surface area (TPSA) is 78.7 Å². The molecule has 0 radical (unpaired) electrons. The van der Waals surface area contributed by atoms with E-state index in [0.717, 1.165) is 0 Å². The second-order valence-corrected chi connectivity index (χ2v) is 5.03. The highest BCUT2D eigenvalue weighted by molar-refractivity contribution is 6.01. The van der Waals surface area contributed by atoms with Crippen molar-refractivity contribution >= 4 is 11.6 Å². The van der Waals surface area contributed by atoms with Crippen molar-refractivity contribution in [3.63, 3.8) is 0 Å². The molecule has 9 heteroatoms. The van der Waals surface area contributed by atoms with Crippen molar-refractivity contribution < 1.29 is 23.1 Å². The lowest BCUT2D eigenvalue weighted by atomic mass is 9.94. The number of pyridine rings is 2. The molecule has 0 bridgehead atoms. The lowest BCUT2D eigenvalue weighted by molar-refractivity contribution is -0.0620. The molecular formula is C15H11F3N4O2. The average molecular weight is 336 g/mol. The van der Waals surface area contributed by atoms with Crippen LogP contribution < -0.4 is 0 Å². The van der Waals surface area contributed by atoms with Crippen LogP contribution in [0.25, 0.3) is 0 Å². The van der Waals surface area contributed by atoms with E-state index in [-0.39, 0.29) is 11.3 Å². The minimum absolute atomic E-state index is 0.109. The SMILES string of the molecule is O=C(c1ccccn1)N1N=C(C(F)(F)F)C(c2cccnc2)C1O. The fourth-order valence-electron chi connectivity index (χ4n) is 2.41. The van der Waals surface area contributed by atoms with Gasteiger partial charge in [-0.15, -0.1) is 0 Å². The zero-order valence-corrected chi connectivity index (χ0v) is 12.1. The Balaban J connectivity index is 2.01. The molecule has 2 atom stereocenters. The second-order valence-electron chi connectivity index (χ2n) is 5.03. The molecular weight excluding hydrogens is 325 g/mol. The fourth-order valence-corrected chi connectivity index (χ4v) is 2.41. The molecule has 1 aliphatic rings. The van der Waals surface area contributed by atoms with Gasteiger partial charge in [0.2, 0.25) is 0 Å². The Labute approximate surface area is 134 Å². The van der Waals surface area contributed by atoms with Gasteiger partial charge in [0.25, 0.3) is 5.91 Å². The molecule has 0 aromatic carbocycles. The van der Waals surface area contributed by atoms with Crippen molar-refractivity contribution in [2.75, 3.05) is 0 Å². The molecule has 0 fully saturated rings. The van der Waals surface area contributed by atoms with Gasteiger partial charge in [-0.3, -0.25) is 14.8 Å². The Morgan fingerprint density at radius 1 is 1.17 bits per heavy atom. The van der Waals surface area contributed by atoms with Crippen LogP contribution in [0.4, 0.5) is 13.2 Å². The number of amides is 1. The molecule has 3 heterocycles.